The van der Waals surface area contributed by atoms with Crippen LogP contribution in [0.25, 0.3) is 0 Å². The smallest absolute Gasteiger partial charge is 0.0393 e. The van der Waals surface area contributed by atoms with E-state index in [1.54, 1.807) is 0 Å². The SMILES string of the molecule is CN=C(/C=C(\C)NC)C1CCNCC1. The van der Waals surface area contributed by atoms with Crippen molar-refractivity contribution in [2.45, 2.75) is 19.8 Å². The average molecular weight is 195 g/mol. The normalized spacial score (nSPS) is 21.1. The van der Waals surface area contributed by atoms with Gasteiger partial charge in [-0.1, -0.05) is 0 Å². The summed E-state index contributed by atoms with van der Waals surface area (Å²) in [6.07, 6.45) is 4.58. The van der Waals surface area contributed by atoms with Gasteiger partial charge in [-0.3, -0.25) is 4.99 Å². The van der Waals surface area contributed by atoms with E-state index in [2.05, 4.69) is 28.6 Å². The molecule has 0 bridgehead atoms. The Labute approximate surface area is 86.7 Å². The maximum Gasteiger partial charge on any atom is 0.0393 e. The van der Waals surface area contributed by atoms with Crippen LogP contribution in [-0.4, -0.2) is 32.9 Å². The zero-order valence-electron chi connectivity index (χ0n) is 9.43. The van der Waals surface area contributed by atoms with Gasteiger partial charge in [-0.25, -0.2) is 0 Å². The molecule has 3 nitrogen and oxygen atoms in total. The third-order valence-corrected chi connectivity index (χ3v) is 2.77. The van der Waals surface area contributed by atoms with E-state index in [-0.39, 0.29) is 0 Å². The van der Waals surface area contributed by atoms with Gasteiger partial charge >= 0.3 is 0 Å². The van der Waals surface area contributed by atoms with Crippen molar-refractivity contribution in [3.63, 3.8) is 0 Å². The molecular weight excluding hydrogens is 174 g/mol. The monoisotopic (exact) mass is 195 g/mol. The van der Waals surface area contributed by atoms with Crippen LogP contribution in [0.4, 0.5) is 0 Å². The minimum absolute atomic E-state index is 0.643. The first-order chi connectivity index (χ1) is 6.77. The lowest BCUT2D eigenvalue weighted by molar-refractivity contribution is 0.457. The summed E-state index contributed by atoms with van der Waals surface area (Å²) < 4.78 is 0. The number of nitrogens with one attached hydrogen (secondary N) is 2. The Balaban J connectivity index is 2.61. The highest BCUT2D eigenvalue weighted by molar-refractivity contribution is 5.97. The molecule has 0 unspecified atom stereocenters. The van der Waals surface area contributed by atoms with Crippen molar-refractivity contribution in [1.82, 2.24) is 10.6 Å². The van der Waals surface area contributed by atoms with Gasteiger partial charge in [0.2, 0.25) is 0 Å². The number of nitrogens with zero attached hydrogens (tertiary/aromatic N) is 1. The number of hydrogen-bond acceptors (Lipinski definition) is 3. The van der Waals surface area contributed by atoms with Crippen LogP contribution in [0.2, 0.25) is 0 Å². The van der Waals surface area contributed by atoms with Crippen LogP contribution in [0.1, 0.15) is 19.8 Å². The zero-order valence-corrected chi connectivity index (χ0v) is 9.43. The maximum absolute atomic E-state index is 4.37. The Morgan fingerprint density at radius 3 is 2.57 bits per heavy atom. The van der Waals surface area contributed by atoms with Gasteiger partial charge in [0, 0.05) is 31.4 Å². The number of aliphatic imine (C=N–C) groups is 1. The van der Waals surface area contributed by atoms with Crippen LogP contribution in [0.15, 0.2) is 16.8 Å². The van der Waals surface area contributed by atoms with Crippen molar-refractivity contribution in [2.75, 3.05) is 27.2 Å². The molecule has 1 fully saturated rings. The second-order valence-corrected chi connectivity index (χ2v) is 3.75. The van der Waals surface area contributed by atoms with Gasteiger partial charge in [0.25, 0.3) is 0 Å². The Hall–Kier alpha value is -0.830. The van der Waals surface area contributed by atoms with E-state index in [1.165, 1.54) is 24.3 Å². The highest BCUT2D eigenvalue weighted by atomic mass is 14.9. The number of hydrogen-bond donors (Lipinski definition) is 2. The molecule has 0 aromatic rings. The fourth-order valence-electron chi connectivity index (χ4n) is 1.78. The molecule has 1 aliphatic heterocycles. The Bertz CT molecular complexity index is 225. The Kier molecular flexibility index (Phi) is 4.66. The van der Waals surface area contributed by atoms with Crippen LogP contribution in [0, 0.1) is 5.92 Å². The lowest BCUT2D eigenvalue weighted by Gasteiger charge is -2.22. The maximum atomic E-state index is 4.37. The van der Waals surface area contributed by atoms with E-state index in [4.69, 9.17) is 0 Å². The fourth-order valence-corrected chi connectivity index (χ4v) is 1.78. The first kappa shape index (κ1) is 11.2. The van der Waals surface area contributed by atoms with Gasteiger partial charge in [0.05, 0.1) is 0 Å². The summed E-state index contributed by atoms with van der Waals surface area (Å²) >= 11 is 0. The van der Waals surface area contributed by atoms with Gasteiger partial charge in [-0.15, -0.1) is 0 Å². The Morgan fingerprint density at radius 2 is 2.07 bits per heavy atom. The lowest BCUT2D eigenvalue weighted by Crippen LogP contribution is -2.31. The van der Waals surface area contributed by atoms with E-state index in [9.17, 15) is 0 Å². The minimum atomic E-state index is 0.643. The van der Waals surface area contributed by atoms with Crippen LogP contribution in [0.3, 0.4) is 0 Å². The second kappa shape index (κ2) is 5.81. The molecule has 14 heavy (non-hydrogen) atoms. The lowest BCUT2D eigenvalue weighted by atomic mass is 9.92. The third-order valence-electron chi connectivity index (χ3n) is 2.77. The highest BCUT2D eigenvalue weighted by Crippen LogP contribution is 2.15. The van der Waals surface area contributed by atoms with E-state index < -0.39 is 0 Å². The topological polar surface area (TPSA) is 36.4 Å². The van der Waals surface area contributed by atoms with Crippen molar-refractivity contribution < 1.29 is 0 Å². The number of rotatable bonds is 3. The van der Waals surface area contributed by atoms with Crippen LogP contribution in [-0.2, 0) is 0 Å². The van der Waals surface area contributed by atoms with Gasteiger partial charge < -0.3 is 10.6 Å². The molecular formula is C11H21N3. The van der Waals surface area contributed by atoms with Gasteiger partial charge in [-0.2, -0.15) is 0 Å². The standard InChI is InChI=1S/C11H21N3/c1-9(12-2)8-11(13-3)10-4-6-14-7-5-10/h8,10,12,14H,4-7H2,1-3H3/b9-8+,13-11?. The van der Waals surface area contributed by atoms with Crippen molar-refractivity contribution >= 4 is 5.71 Å². The summed E-state index contributed by atoms with van der Waals surface area (Å²) in [5.41, 5.74) is 2.42. The quantitative estimate of drug-likeness (QED) is 0.663. The van der Waals surface area contributed by atoms with Crippen LogP contribution >= 0.6 is 0 Å². The third kappa shape index (κ3) is 3.14. The van der Waals surface area contributed by atoms with Crippen LogP contribution in [0.5, 0.6) is 0 Å². The molecule has 0 aromatic heterocycles. The second-order valence-electron chi connectivity index (χ2n) is 3.75. The molecule has 80 valence electrons. The molecule has 0 saturated carbocycles. The molecule has 2 N–H and O–H groups in total. The van der Waals surface area contributed by atoms with Gasteiger partial charge in [0.15, 0.2) is 0 Å². The van der Waals surface area contributed by atoms with Crippen molar-refractivity contribution in [2.24, 2.45) is 10.9 Å². The van der Waals surface area contributed by atoms with Gasteiger partial charge in [0.1, 0.15) is 0 Å². The summed E-state index contributed by atoms with van der Waals surface area (Å²) in [6, 6.07) is 0. The Morgan fingerprint density at radius 1 is 1.43 bits per heavy atom. The predicted octanol–water partition coefficient (Wildman–Crippen LogP) is 1.18. The number of piperidine rings is 1. The van der Waals surface area contributed by atoms with Gasteiger partial charge in [-0.05, 0) is 38.9 Å². The van der Waals surface area contributed by atoms with Crippen LogP contribution < -0.4 is 10.6 Å². The summed E-state index contributed by atoms with van der Waals surface area (Å²) in [5.74, 6) is 0.643. The molecule has 0 spiro atoms. The number of allylic oxidation sites excluding steroid dienone is 2. The highest BCUT2D eigenvalue weighted by Gasteiger charge is 2.16. The summed E-state index contributed by atoms with van der Waals surface area (Å²) in [5, 5.41) is 6.50. The van der Waals surface area contributed by atoms with Crippen molar-refractivity contribution in [3.8, 4) is 0 Å². The van der Waals surface area contributed by atoms with E-state index in [0.717, 1.165) is 13.1 Å². The van der Waals surface area contributed by atoms with E-state index in [1.807, 2.05) is 14.1 Å². The van der Waals surface area contributed by atoms with Crippen molar-refractivity contribution in [3.05, 3.63) is 11.8 Å². The molecule has 1 saturated heterocycles. The first-order valence-corrected chi connectivity index (χ1v) is 5.31. The molecule has 0 aliphatic carbocycles. The average Bonchev–Trinajstić information content (AvgIpc) is 2.26. The first-order valence-electron chi connectivity index (χ1n) is 5.31. The molecule has 1 aliphatic rings. The predicted molar refractivity (Wildman–Crippen MR) is 61.8 cm³/mol. The van der Waals surface area contributed by atoms with Crippen molar-refractivity contribution in [1.29, 1.82) is 0 Å². The summed E-state index contributed by atoms with van der Waals surface area (Å²) in [7, 11) is 3.83. The summed E-state index contributed by atoms with van der Waals surface area (Å²) in [4.78, 5) is 4.37. The minimum Gasteiger partial charge on any atom is -0.392 e. The molecule has 1 rings (SSSR count). The van der Waals surface area contributed by atoms with E-state index >= 15 is 0 Å². The zero-order chi connectivity index (χ0) is 10.4. The van der Waals surface area contributed by atoms with E-state index in [0.29, 0.717) is 5.92 Å². The fraction of sp³-hybridized carbons (Fsp3) is 0.727. The molecule has 0 radical (unpaired) electrons. The molecule has 0 atom stereocenters. The molecule has 3 heteroatoms. The molecule has 0 amide bonds. The molecule has 0 aromatic carbocycles. The molecule has 1 heterocycles. The largest absolute Gasteiger partial charge is 0.392 e. The summed E-state index contributed by atoms with van der Waals surface area (Å²) in [6.45, 7) is 4.32.